The van der Waals surface area contributed by atoms with Gasteiger partial charge in [-0.15, -0.1) is 0 Å². The minimum atomic E-state index is -0.897. The van der Waals surface area contributed by atoms with E-state index in [1.54, 1.807) is 0 Å². The lowest BCUT2D eigenvalue weighted by atomic mass is 10.2. The van der Waals surface area contributed by atoms with Gasteiger partial charge in [0.1, 0.15) is 6.61 Å². The van der Waals surface area contributed by atoms with Crippen molar-refractivity contribution in [2.45, 2.75) is 19.1 Å². The third-order valence-corrected chi connectivity index (χ3v) is 2.92. The number of benzene rings is 1. The number of carbonyl (C=O) groups is 1. The molecule has 1 fully saturated rings. The lowest BCUT2D eigenvalue weighted by Gasteiger charge is -2.15. The molecule has 1 heterocycles. The maximum absolute atomic E-state index is 10.4. The molecular weight excluding hydrogens is 218 g/mol. The Kier molecular flexibility index (Phi) is 4.12. The summed E-state index contributed by atoms with van der Waals surface area (Å²) in [6.45, 7) is 2.51. The standard InChI is InChI=1S/C13H17NO3/c15-13(16)10-17-12-6-7-14(9-12)8-11-4-2-1-3-5-11/h1-5,12H,6-10H2,(H,15,16)/t12-/m1/s1. The Labute approximate surface area is 101 Å². The molecule has 0 radical (unpaired) electrons. The minimum absolute atomic E-state index is 0.0646. The summed E-state index contributed by atoms with van der Waals surface area (Å²) in [5, 5.41) is 8.54. The van der Waals surface area contributed by atoms with Crippen LogP contribution in [0.1, 0.15) is 12.0 Å². The monoisotopic (exact) mass is 235 g/mol. The first-order valence-electron chi connectivity index (χ1n) is 5.84. The van der Waals surface area contributed by atoms with Gasteiger partial charge in [0, 0.05) is 19.6 Å². The van der Waals surface area contributed by atoms with Crippen LogP contribution in [0.2, 0.25) is 0 Å². The highest BCUT2D eigenvalue weighted by molar-refractivity contribution is 5.68. The second kappa shape index (κ2) is 5.80. The number of nitrogens with zero attached hydrogens (tertiary/aromatic N) is 1. The van der Waals surface area contributed by atoms with Gasteiger partial charge in [0.15, 0.2) is 0 Å². The Morgan fingerprint density at radius 2 is 2.18 bits per heavy atom. The van der Waals surface area contributed by atoms with Gasteiger partial charge in [0.05, 0.1) is 6.10 Å². The molecule has 0 saturated carbocycles. The fourth-order valence-electron chi connectivity index (χ4n) is 2.11. The van der Waals surface area contributed by atoms with E-state index in [1.807, 2.05) is 18.2 Å². The van der Waals surface area contributed by atoms with E-state index in [0.717, 1.165) is 26.1 Å². The second-order valence-corrected chi connectivity index (χ2v) is 4.34. The number of ether oxygens (including phenoxy) is 1. The molecule has 4 nitrogen and oxygen atoms in total. The van der Waals surface area contributed by atoms with Crippen LogP contribution in [-0.4, -0.2) is 41.8 Å². The number of carboxylic acid groups (broad SMARTS) is 1. The average Bonchev–Trinajstić information content (AvgIpc) is 2.75. The van der Waals surface area contributed by atoms with Gasteiger partial charge in [-0.1, -0.05) is 30.3 Å². The molecule has 1 saturated heterocycles. The molecule has 0 aliphatic carbocycles. The van der Waals surface area contributed by atoms with Crippen LogP contribution in [0.25, 0.3) is 0 Å². The Hall–Kier alpha value is -1.39. The summed E-state index contributed by atoms with van der Waals surface area (Å²) < 4.78 is 5.29. The summed E-state index contributed by atoms with van der Waals surface area (Å²) in [5.74, 6) is -0.897. The highest BCUT2D eigenvalue weighted by Crippen LogP contribution is 2.15. The number of aliphatic carboxylic acids is 1. The van der Waals surface area contributed by atoms with Gasteiger partial charge in [0.25, 0.3) is 0 Å². The van der Waals surface area contributed by atoms with Crippen LogP contribution in [0.3, 0.4) is 0 Å². The topological polar surface area (TPSA) is 49.8 Å². The van der Waals surface area contributed by atoms with Crippen molar-refractivity contribution >= 4 is 5.97 Å². The molecule has 0 spiro atoms. The molecule has 1 atom stereocenters. The number of hydrogen-bond donors (Lipinski definition) is 1. The molecule has 92 valence electrons. The Balaban J connectivity index is 1.76. The van der Waals surface area contributed by atoms with Gasteiger partial charge in [-0.2, -0.15) is 0 Å². The van der Waals surface area contributed by atoms with Gasteiger partial charge >= 0.3 is 5.97 Å². The van der Waals surface area contributed by atoms with E-state index < -0.39 is 5.97 Å². The van der Waals surface area contributed by atoms with Crippen molar-refractivity contribution < 1.29 is 14.6 Å². The van der Waals surface area contributed by atoms with Gasteiger partial charge in [-0.25, -0.2) is 4.79 Å². The molecule has 1 aliphatic heterocycles. The van der Waals surface area contributed by atoms with E-state index in [2.05, 4.69) is 17.0 Å². The van der Waals surface area contributed by atoms with Crippen molar-refractivity contribution in [2.24, 2.45) is 0 Å². The van der Waals surface area contributed by atoms with Crippen LogP contribution in [-0.2, 0) is 16.1 Å². The van der Waals surface area contributed by atoms with E-state index in [-0.39, 0.29) is 12.7 Å². The molecule has 1 aromatic rings. The van der Waals surface area contributed by atoms with Gasteiger partial charge in [-0.3, -0.25) is 4.90 Å². The van der Waals surface area contributed by atoms with Gasteiger partial charge in [0.2, 0.25) is 0 Å². The molecule has 2 rings (SSSR count). The Morgan fingerprint density at radius 3 is 2.88 bits per heavy atom. The van der Waals surface area contributed by atoms with Crippen LogP contribution in [0, 0.1) is 0 Å². The summed E-state index contributed by atoms with van der Waals surface area (Å²) in [5.41, 5.74) is 1.28. The molecule has 1 aliphatic rings. The van der Waals surface area contributed by atoms with Gasteiger partial charge < -0.3 is 9.84 Å². The summed E-state index contributed by atoms with van der Waals surface area (Å²) in [6, 6.07) is 10.3. The lowest BCUT2D eigenvalue weighted by molar-refractivity contribution is -0.144. The molecule has 1 N–H and O–H groups in total. The molecule has 1 aromatic carbocycles. The van der Waals surface area contributed by atoms with E-state index in [4.69, 9.17) is 9.84 Å². The summed E-state index contributed by atoms with van der Waals surface area (Å²) in [4.78, 5) is 12.7. The Morgan fingerprint density at radius 1 is 1.41 bits per heavy atom. The minimum Gasteiger partial charge on any atom is -0.480 e. The second-order valence-electron chi connectivity index (χ2n) is 4.34. The number of carboxylic acids is 1. The first-order chi connectivity index (χ1) is 8.24. The molecule has 0 bridgehead atoms. The van der Waals surface area contributed by atoms with Crippen LogP contribution < -0.4 is 0 Å². The predicted octanol–water partition coefficient (Wildman–Crippen LogP) is 1.36. The summed E-state index contributed by atoms with van der Waals surface area (Å²) >= 11 is 0. The normalized spacial score (nSPS) is 20.6. The zero-order valence-corrected chi connectivity index (χ0v) is 9.71. The smallest absolute Gasteiger partial charge is 0.329 e. The first kappa shape index (κ1) is 12.1. The fourth-order valence-corrected chi connectivity index (χ4v) is 2.11. The quantitative estimate of drug-likeness (QED) is 0.837. The zero-order valence-electron chi connectivity index (χ0n) is 9.71. The van der Waals surface area contributed by atoms with E-state index >= 15 is 0 Å². The van der Waals surface area contributed by atoms with E-state index in [1.165, 1.54) is 5.56 Å². The van der Waals surface area contributed by atoms with Crippen molar-refractivity contribution in [1.29, 1.82) is 0 Å². The lowest BCUT2D eigenvalue weighted by Crippen LogP contribution is -2.24. The largest absolute Gasteiger partial charge is 0.480 e. The zero-order chi connectivity index (χ0) is 12.1. The van der Waals surface area contributed by atoms with Crippen molar-refractivity contribution in [3.63, 3.8) is 0 Å². The third-order valence-electron chi connectivity index (χ3n) is 2.92. The van der Waals surface area contributed by atoms with Crippen molar-refractivity contribution in [3.05, 3.63) is 35.9 Å². The SMILES string of the molecule is O=C(O)CO[C@@H]1CCN(Cc2ccccc2)C1. The van der Waals surface area contributed by atoms with E-state index in [9.17, 15) is 4.79 Å². The van der Waals surface area contributed by atoms with Crippen molar-refractivity contribution in [3.8, 4) is 0 Å². The molecular formula is C13H17NO3. The molecule has 0 unspecified atom stereocenters. The third kappa shape index (κ3) is 3.84. The maximum atomic E-state index is 10.4. The first-order valence-corrected chi connectivity index (χ1v) is 5.84. The average molecular weight is 235 g/mol. The number of likely N-dealkylation sites (tertiary alicyclic amines) is 1. The van der Waals surface area contributed by atoms with Crippen LogP contribution >= 0.6 is 0 Å². The summed E-state index contributed by atoms with van der Waals surface area (Å²) in [7, 11) is 0. The maximum Gasteiger partial charge on any atom is 0.329 e. The summed E-state index contributed by atoms with van der Waals surface area (Å²) in [6.07, 6.45) is 0.981. The predicted molar refractivity (Wildman–Crippen MR) is 63.7 cm³/mol. The number of rotatable bonds is 5. The fraction of sp³-hybridized carbons (Fsp3) is 0.462. The highest BCUT2D eigenvalue weighted by atomic mass is 16.5. The van der Waals surface area contributed by atoms with Crippen molar-refractivity contribution in [2.75, 3.05) is 19.7 Å². The number of hydrogen-bond acceptors (Lipinski definition) is 3. The van der Waals surface area contributed by atoms with E-state index in [0.29, 0.717) is 0 Å². The van der Waals surface area contributed by atoms with Crippen molar-refractivity contribution in [1.82, 2.24) is 4.90 Å². The van der Waals surface area contributed by atoms with Crippen LogP contribution in [0.15, 0.2) is 30.3 Å². The molecule has 0 amide bonds. The van der Waals surface area contributed by atoms with Crippen LogP contribution in [0.4, 0.5) is 0 Å². The molecule has 4 heteroatoms. The molecule has 17 heavy (non-hydrogen) atoms. The van der Waals surface area contributed by atoms with Gasteiger partial charge in [-0.05, 0) is 12.0 Å². The highest BCUT2D eigenvalue weighted by Gasteiger charge is 2.23. The molecule has 0 aromatic heterocycles. The van der Waals surface area contributed by atoms with Crippen LogP contribution in [0.5, 0.6) is 0 Å². The Bertz CT molecular complexity index is 366.